The molecule has 0 aromatic heterocycles. The molecule has 228 valence electrons. The van der Waals surface area contributed by atoms with Gasteiger partial charge < -0.3 is 53.2 Å². The fourth-order valence-electron chi connectivity index (χ4n) is 3.03. The molecule has 42 heavy (non-hydrogen) atoms. The summed E-state index contributed by atoms with van der Waals surface area (Å²) in [5.41, 5.74) is 12.9. The van der Waals surface area contributed by atoms with Crippen LogP contribution >= 0.6 is 0 Å². The minimum Gasteiger partial charge on any atom is -0.508 e. The van der Waals surface area contributed by atoms with Crippen LogP contribution in [0.2, 0.25) is 0 Å². The van der Waals surface area contributed by atoms with E-state index in [9.17, 15) is 28.8 Å². The first-order valence-corrected chi connectivity index (χ1v) is 12.4. The second-order valence-electron chi connectivity index (χ2n) is 8.73. The molecule has 12 N–H and O–H groups in total. The van der Waals surface area contributed by atoms with Crippen molar-refractivity contribution in [2.45, 2.75) is 24.9 Å². The second kappa shape index (κ2) is 18.2. The van der Waals surface area contributed by atoms with Crippen molar-refractivity contribution in [3.05, 3.63) is 59.7 Å². The van der Waals surface area contributed by atoms with E-state index in [0.29, 0.717) is 0 Å². The first kappa shape index (κ1) is 34.8. The lowest BCUT2D eigenvalue weighted by Gasteiger charge is -2.12. The second-order valence-corrected chi connectivity index (χ2v) is 8.73. The number of carboxylic acid groups (broad SMARTS) is 2. The van der Waals surface area contributed by atoms with Gasteiger partial charge in [-0.3, -0.25) is 28.8 Å². The lowest BCUT2D eigenvalue weighted by molar-refractivity contribution is -0.138. The van der Waals surface area contributed by atoms with Crippen molar-refractivity contribution in [2.75, 3.05) is 26.2 Å². The zero-order valence-electron chi connectivity index (χ0n) is 22.4. The van der Waals surface area contributed by atoms with Crippen LogP contribution in [0.25, 0.3) is 0 Å². The Labute approximate surface area is 240 Å². The van der Waals surface area contributed by atoms with Crippen molar-refractivity contribution in [3.8, 4) is 11.5 Å². The molecule has 16 heteroatoms. The number of rotatable bonds is 14. The largest absolute Gasteiger partial charge is 0.508 e. The van der Waals surface area contributed by atoms with E-state index < -0.39 is 60.7 Å². The summed E-state index contributed by atoms with van der Waals surface area (Å²) in [4.78, 5) is 66.3. The van der Waals surface area contributed by atoms with E-state index in [2.05, 4.69) is 21.3 Å². The number of phenols is 2. The van der Waals surface area contributed by atoms with E-state index in [-0.39, 0.29) is 37.4 Å². The summed E-state index contributed by atoms with van der Waals surface area (Å²) < 4.78 is 0. The van der Waals surface area contributed by atoms with Crippen LogP contribution in [-0.2, 0) is 41.6 Å². The lowest BCUT2D eigenvalue weighted by Crippen LogP contribution is -2.46. The van der Waals surface area contributed by atoms with Crippen molar-refractivity contribution in [3.63, 3.8) is 0 Å². The van der Waals surface area contributed by atoms with Gasteiger partial charge in [-0.05, 0) is 48.2 Å². The third kappa shape index (κ3) is 15.4. The van der Waals surface area contributed by atoms with Gasteiger partial charge in [0.25, 0.3) is 0 Å². The maximum absolute atomic E-state index is 11.7. The highest BCUT2D eigenvalue weighted by Gasteiger charge is 2.16. The number of benzene rings is 2. The summed E-state index contributed by atoms with van der Waals surface area (Å²) >= 11 is 0. The Balaban J connectivity index is 0.000000420. The Kier molecular flexibility index (Phi) is 15.1. The van der Waals surface area contributed by atoms with E-state index in [4.69, 9.17) is 31.9 Å². The lowest BCUT2D eigenvalue weighted by atomic mass is 10.1. The number of nitrogens with two attached hydrogens (primary N) is 2. The van der Waals surface area contributed by atoms with Gasteiger partial charge in [0.15, 0.2) is 0 Å². The predicted octanol–water partition coefficient (Wildman–Crippen LogP) is -2.84. The first-order chi connectivity index (χ1) is 19.8. The Morgan fingerprint density at radius 1 is 0.548 bits per heavy atom. The zero-order valence-corrected chi connectivity index (χ0v) is 22.4. The minimum atomic E-state index is -1.17. The molecule has 4 amide bonds. The van der Waals surface area contributed by atoms with Crippen LogP contribution in [0.1, 0.15) is 11.1 Å². The molecule has 0 aliphatic heterocycles. The van der Waals surface area contributed by atoms with Gasteiger partial charge >= 0.3 is 11.9 Å². The smallest absolute Gasteiger partial charge is 0.322 e. The fraction of sp³-hybridized carbons (Fsp3) is 0.308. The maximum Gasteiger partial charge on any atom is 0.322 e. The molecule has 0 heterocycles. The molecule has 2 aromatic rings. The first-order valence-electron chi connectivity index (χ1n) is 12.4. The summed E-state index contributed by atoms with van der Waals surface area (Å²) in [5.74, 6) is -4.36. The molecule has 0 aliphatic rings. The highest BCUT2D eigenvalue weighted by molar-refractivity contribution is 5.89. The zero-order chi connectivity index (χ0) is 31.7. The number of aliphatic carboxylic acids is 2. The van der Waals surface area contributed by atoms with Crippen molar-refractivity contribution >= 4 is 35.6 Å². The summed E-state index contributed by atoms with van der Waals surface area (Å²) in [6.45, 7) is -1.69. The van der Waals surface area contributed by atoms with Gasteiger partial charge in [0.05, 0.1) is 25.2 Å². The van der Waals surface area contributed by atoms with Crippen molar-refractivity contribution in [2.24, 2.45) is 11.5 Å². The molecule has 16 nitrogen and oxygen atoms in total. The van der Waals surface area contributed by atoms with Crippen LogP contribution in [0, 0.1) is 0 Å². The predicted molar refractivity (Wildman–Crippen MR) is 147 cm³/mol. The highest BCUT2D eigenvalue weighted by atomic mass is 16.4. The van der Waals surface area contributed by atoms with Gasteiger partial charge in [0, 0.05) is 0 Å². The average Bonchev–Trinajstić information content (AvgIpc) is 2.94. The van der Waals surface area contributed by atoms with Gasteiger partial charge in [-0.15, -0.1) is 0 Å². The number of nitrogens with one attached hydrogen (secondary N) is 4. The molecule has 0 bridgehead atoms. The normalized spacial score (nSPS) is 11.5. The number of amides is 4. The van der Waals surface area contributed by atoms with Gasteiger partial charge in [0.1, 0.15) is 24.6 Å². The molecular formula is C26H34N6O10. The molecule has 2 rings (SSSR count). The number of hydrogen-bond donors (Lipinski definition) is 10. The number of hydrogen-bond acceptors (Lipinski definition) is 10. The number of aromatic hydroxyl groups is 2. The Morgan fingerprint density at radius 3 is 1.14 bits per heavy atom. The van der Waals surface area contributed by atoms with Crippen LogP contribution in [0.5, 0.6) is 11.5 Å². The van der Waals surface area contributed by atoms with Gasteiger partial charge in [-0.25, -0.2) is 0 Å². The van der Waals surface area contributed by atoms with Crippen LogP contribution in [0.4, 0.5) is 0 Å². The molecule has 0 radical (unpaired) electrons. The molecule has 0 aliphatic carbocycles. The average molecular weight is 591 g/mol. The standard InChI is InChI=1S/2C13H17N3O5/c2*14-10(5-8-1-3-9(17)4-2-8)13(21)16-6-11(18)15-7-12(19)20/h2*1-4,10,17H,5-7,14H2,(H,15,18)(H,16,21)(H,19,20)/t2*10-/m00/s1. The monoisotopic (exact) mass is 590 g/mol. The third-order valence-corrected chi connectivity index (χ3v) is 5.18. The third-order valence-electron chi connectivity index (χ3n) is 5.18. The Hall–Kier alpha value is -5.22. The van der Waals surface area contributed by atoms with E-state index in [1.54, 1.807) is 24.3 Å². The van der Waals surface area contributed by atoms with Gasteiger partial charge in [0.2, 0.25) is 23.6 Å². The molecule has 0 fully saturated rings. The Bertz CT molecular complexity index is 1130. The van der Waals surface area contributed by atoms with Crippen molar-refractivity contribution < 1.29 is 49.2 Å². The van der Waals surface area contributed by atoms with Crippen molar-refractivity contribution in [1.82, 2.24) is 21.3 Å². The molecular weight excluding hydrogens is 556 g/mol. The van der Waals surface area contributed by atoms with E-state index in [1.165, 1.54) is 24.3 Å². The quantitative estimate of drug-likeness (QED) is 0.106. The Morgan fingerprint density at radius 2 is 0.857 bits per heavy atom. The number of carbonyl (C=O) groups excluding carboxylic acids is 4. The summed E-state index contributed by atoms with van der Waals surface area (Å²) in [6, 6.07) is 10.8. The molecule has 2 atom stereocenters. The van der Waals surface area contributed by atoms with E-state index in [1.807, 2.05) is 0 Å². The number of carbonyl (C=O) groups is 6. The topological polar surface area (TPSA) is 284 Å². The van der Waals surface area contributed by atoms with Crippen LogP contribution < -0.4 is 32.7 Å². The summed E-state index contributed by atoms with van der Waals surface area (Å²) in [5, 5.41) is 43.9. The van der Waals surface area contributed by atoms with Crippen LogP contribution in [-0.4, -0.2) is 94.3 Å². The minimum absolute atomic E-state index is 0.117. The molecule has 0 unspecified atom stereocenters. The number of phenolic OH excluding ortho intramolecular Hbond substituents is 2. The maximum atomic E-state index is 11.7. The van der Waals surface area contributed by atoms with Crippen molar-refractivity contribution in [1.29, 1.82) is 0 Å². The van der Waals surface area contributed by atoms with Crippen LogP contribution in [0.3, 0.4) is 0 Å². The van der Waals surface area contributed by atoms with E-state index in [0.717, 1.165) is 11.1 Å². The van der Waals surface area contributed by atoms with Gasteiger partial charge in [-0.2, -0.15) is 0 Å². The number of carboxylic acids is 2. The molecule has 2 aromatic carbocycles. The van der Waals surface area contributed by atoms with Gasteiger partial charge in [-0.1, -0.05) is 24.3 Å². The van der Waals surface area contributed by atoms with E-state index >= 15 is 0 Å². The molecule has 0 saturated carbocycles. The SMILES string of the molecule is N[C@@H](Cc1ccc(O)cc1)C(=O)NCC(=O)NCC(=O)O.N[C@@H](Cc1ccc(O)cc1)C(=O)NCC(=O)NCC(=O)O. The fourth-order valence-corrected chi connectivity index (χ4v) is 3.03. The van der Waals surface area contributed by atoms with Crippen LogP contribution in [0.15, 0.2) is 48.5 Å². The summed E-state index contributed by atoms with van der Waals surface area (Å²) in [6.07, 6.45) is 0.506. The highest BCUT2D eigenvalue weighted by Crippen LogP contribution is 2.11. The summed E-state index contributed by atoms with van der Waals surface area (Å²) in [7, 11) is 0. The molecule has 0 spiro atoms. The molecule has 0 saturated heterocycles.